The molecular weight excluding hydrogens is 478 g/mol. The van der Waals surface area contributed by atoms with Crippen LogP contribution in [0.15, 0.2) is 120 Å². The maximum atomic E-state index is 9.39. The average Bonchev–Trinajstić information content (AvgIpc) is 3.37. The second-order valence-electron chi connectivity index (χ2n) is 9.77. The van der Waals surface area contributed by atoms with Gasteiger partial charge in [0.15, 0.2) is 0 Å². The number of pyridine rings is 2. The molecule has 0 unspecified atom stereocenters. The molecule has 8 aromatic rings. The molecule has 4 heteroatoms. The molecule has 0 aliphatic heterocycles. The van der Waals surface area contributed by atoms with Gasteiger partial charge in [0.25, 0.3) is 0 Å². The highest BCUT2D eigenvalue weighted by atomic mass is 16.3. The van der Waals surface area contributed by atoms with E-state index in [0.29, 0.717) is 5.56 Å². The Hall–Kier alpha value is -5.53. The molecule has 0 N–H and O–H groups in total. The third kappa shape index (κ3) is 3.38. The molecule has 0 amide bonds. The number of aromatic nitrogens is 2. The fraction of sp³-hybridized carbons (Fsp3) is 0. The van der Waals surface area contributed by atoms with Crippen molar-refractivity contribution < 1.29 is 4.42 Å². The summed E-state index contributed by atoms with van der Waals surface area (Å²) in [5, 5.41) is 14.5. The van der Waals surface area contributed by atoms with Gasteiger partial charge in [-0.2, -0.15) is 5.26 Å². The Bertz CT molecular complexity index is 2290. The van der Waals surface area contributed by atoms with Crippen LogP contribution in [0.1, 0.15) is 5.56 Å². The number of hydrogen-bond donors (Lipinski definition) is 0. The van der Waals surface area contributed by atoms with Gasteiger partial charge in [0, 0.05) is 32.5 Å². The molecule has 0 saturated carbocycles. The van der Waals surface area contributed by atoms with Crippen molar-refractivity contribution in [3.63, 3.8) is 0 Å². The van der Waals surface area contributed by atoms with Gasteiger partial charge >= 0.3 is 0 Å². The summed E-state index contributed by atoms with van der Waals surface area (Å²) in [6.07, 6.45) is 0. The Kier molecular flexibility index (Phi) is 4.55. The largest absolute Gasteiger partial charge is 0.456 e. The quantitative estimate of drug-likeness (QED) is 0.177. The Morgan fingerprint density at radius 3 is 2.15 bits per heavy atom. The maximum Gasteiger partial charge on any atom is 0.135 e. The Morgan fingerprint density at radius 2 is 1.28 bits per heavy atom. The molecule has 0 saturated heterocycles. The highest BCUT2D eigenvalue weighted by Gasteiger charge is 2.15. The summed E-state index contributed by atoms with van der Waals surface area (Å²) in [4.78, 5) is 10.3. The van der Waals surface area contributed by atoms with E-state index in [0.717, 1.165) is 77.0 Å². The summed E-state index contributed by atoms with van der Waals surface area (Å²) in [5.41, 5.74) is 9.11. The highest BCUT2D eigenvalue weighted by molar-refractivity contribution is 6.13. The van der Waals surface area contributed by atoms with E-state index < -0.39 is 0 Å². The molecule has 0 aliphatic rings. The minimum absolute atomic E-state index is 0.617. The van der Waals surface area contributed by atoms with E-state index in [1.165, 1.54) is 0 Å². The normalized spacial score (nSPS) is 11.6. The van der Waals surface area contributed by atoms with E-state index in [9.17, 15) is 5.26 Å². The van der Waals surface area contributed by atoms with Crippen LogP contribution in [0.3, 0.4) is 0 Å². The first-order valence-electron chi connectivity index (χ1n) is 12.8. The van der Waals surface area contributed by atoms with E-state index in [-0.39, 0.29) is 0 Å². The van der Waals surface area contributed by atoms with Crippen molar-refractivity contribution in [1.82, 2.24) is 9.97 Å². The van der Waals surface area contributed by atoms with E-state index in [1.54, 1.807) is 6.07 Å². The van der Waals surface area contributed by atoms with Crippen LogP contribution in [0.4, 0.5) is 0 Å². The molecule has 3 heterocycles. The molecule has 0 radical (unpaired) electrons. The van der Waals surface area contributed by atoms with Crippen molar-refractivity contribution in [3.8, 4) is 28.5 Å². The summed E-state index contributed by atoms with van der Waals surface area (Å²) in [7, 11) is 0. The van der Waals surface area contributed by atoms with Crippen molar-refractivity contribution in [2.45, 2.75) is 0 Å². The molecule has 4 nitrogen and oxygen atoms in total. The Balaban J connectivity index is 1.38. The van der Waals surface area contributed by atoms with Gasteiger partial charge in [0.1, 0.15) is 11.2 Å². The van der Waals surface area contributed by atoms with Gasteiger partial charge < -0.3 is 4.42 Å². The fourth-order valence-corrected chi connectivity index (χ4v) is 5.53. The first-order valence-corrected chi connectivity index (χ1v) is 12.8. The van der Waals surface area contributed by atoms with E-state index in [2.05, 4.69) is 66.7 Å². The first kappa shape index (κ1) is 21.5. The van der Waals surface area contributed by atoms with Crippen molar-refractivity contribution >= 4 is 54.6 Å². The Labute approximate surface area is 223 Å². The van der Waals surface area contributed by atoms with Crippen LogP contribution in [0.25, 0.3) is 77.0 Å². The summed E-state index contributed by atoms with van der Waals surface area (Å²) in [6, 6.07) is 41.1. The molecule has 0 spiro atoms. The molecule has 39 heavy (non-hydrogen) atoms. The second-order valence-corrected chi connectivity index (χ2v) is 9.77. The zero-order chi connectivity index (χ0) is 25.9. The predicted molar refractivity (Wildman–Crippen MR) is 157 cm³/mol. The molecule has 8 rings (SSSR count). The number of rotatable bonds is 2. The van der Waals surface area contributed by atoms with Gasteiger partial charge in [0.05, 0.1) is 33.9 Å². The third-order valence-electron chi connectivity index (χ3n) is 7.44. The number of hydrogen-bond acceptors (Lipinski definition) is 4. The lowest BCUT2D eigenvalue weighted by atomic mass is 9.98. The van der Waals surface area contributed by atoms with Crippen LogP contribution in [0.5, 0.6) is 0 Å². The number of para-hydroxylation sites is 1. The molecular formula is C35H19N3O. The molecule has 0 atom stereocenters. The van der Waals surface area contributed by atoms with Crippen LogP contribution in [-0.2, 0) is 0 Å². The van der Waals surface area contributed by atoms with Gasteiger partial charge in [-0.25, -0.2) is 9.97 Å². The average molecular weight is 498 g/mol. The lowest BCUT2D eigenvalue weighted by Crippen LogP contribution is -1.93. The number of furan rings is 1. The van der Waals surface area contributed by atoms with Crippen molar-refractivity contribution in [1.29, 1.82) is 5.26 Å². The molecule has 0 fully saturated rings. The van der Waals surface area contributed by atoms with Gasteiger partial charge in [0.2, 0.25) is 0 Å². The highest BCUT2D eigenvalue weighted by Crippen LogP contribution is 2.37. The van der Waals surface area contributed by atoms with Gasteiger partial charge in [-0.3, -0.25) is 0 Å². The number of nitrogens with zero attached hydrogens (tertiary/aromatic N) is 3. The van der Waals surface area contributed by atoms with Crippen LogP contribution in [-0.4, -0.2) is 9.97 Å². The zero-order valence-electron chi connectivity index (χ0n) is 20.7. The van der Waals surface area contributed by atoms with E-state index >= 15 is 0 Å². The van der Waals surface area contributed by atoms with Crippen molar-refractivity contribution in [2.75, 3.05) is 0 Å². The minimum atomic E-state index is 0.617. The van der Waals surface area contributed by atoms with Gasteiger partial charge in [-0.15, -0.1) is 0 Å². The fourth-order valence-electron chi connectivity index (χ4n) is 5.53. The van der Waals surface area contributed by atoms with Crippen LogP contribution < -0.4 is 0 Å². The monoisotopic (exact) mass is 497 g/mol. The zero-order valence-corrected chi connectivity index (χ0v) is 20.7. The predicted octanol–water partition coefficient (Wildman–Crippen LogP) is 9.04. The summed E-state index contributed by atoms with van der Waals surface area (Å²) in [6.45, 7) is 0. The smallest absolute Gasteiger partial charge is 0.135 e. The lowest BCUT2D eigenvalue weighted by molar-refractivity contribution is 0.669. The van der Waals surface area contributed by atoms with Crippen molar-refractivity contribution in [2.24, 2.45) is 0 Å². The van der Waals surface area contributed by atoms with Crippen LogP contribution in [0, 0.1) is 11.3 Å². The number of benzene rings is 5. The topological polar surface area (TPSA) is 62.7 Å². The standard InChI is InChI=1S/C35H19N3O/c36-20-21-10-14-32-27(16-21)28-17-23(12-15-33(28)39-32)24-11-13-26-31(19-24)38-34(22-6-2-1-3-7-22)29-18-25-8-4-5-9-30(25)37-35(26)29/h1-19H. The second kappa shape index (κ2) is 8.24. The Morgan fingerprint density at radius 1 is 0.538 bits per heavy atom. The minimum Gasteiger partial charge on any atom is -0.456 e. The molecule has 180 valence electrons. The van der Waals surface area contributed by atoms with Crippen LogP contribution in [0.2, 0.25) is 0 Å². The van der Waals surface area contributed by atoms with E-state index in [1.807, 2.05) is 48.5 Å². The van der Waals surface area contributed by atoms with Crippen molar-refractivity contribution in [3.05, 3.63) is 121 Å². The maximum absolute atomic E-state index is 9.39. The molecule has 3 aromatic heterocycles. The molecule has 0 aliphatic carbocycles. The summed E-state index contributed by atoms with van der Waals surface area (Å²) >= 11 is 0. The SMILES string of the molecule is N#Cc1ccc2oc3ccc(-c4ccc5c(c4)nc(-c4ccccc4)c4cc6ccccc6nc45)cc3c2c1. The number of nitriles is 1. The summed E-state index contributed by atoms with van der Waals surface area (Å²) < 4.78 is 6.03. The van der Waals surface area contributed by atoms with Gasteiger partial charge in [-0.05, 0) is 65.7 Å². The summed E-state index contributed by atoms with van der Waals surface area (Å²) in [5.74, 6) is 0. The van der Waals surface area contributed by atoms with E-state index in [4.69, 9.17) is 14.4 Å². The number of fused-ring (bicyclic) bond motifs is 7. The third-order valence-corrected chi connectivity index (χ3v) is 7.44. The van der Waals surface area contributed by atoms with Crippen LogP contribution >= 0.6 is 0 Å². The van der Waals surface area contributed by atoms with Gasteiger partial charge in [-0.1, -0.05) is 60.7 Å². The molecule has 0 bridgehead atoms. The lowest BCUT2D eigenvalue weighted by Gasteiger charge is -2.12. The first-order chi connectivity index (χ1) is 19.2. The molecule has 5 aromatic carbocycles.